The highest BCUT2D eigenvalue weighted by Crippen LogP contribution is 2.17. The highest BCUT2D eigenvalue weighted by Gasteiger charge is 2.31. The summed E-state index contributed by atoms with van der Waals surface area (Å²) in [7, 11) is -2.77. The highest BCUT2D eigenvalue weighted by molar-refractivity contribution is 7.91. The molecule has 4 nitrogen and oxygen atoms in total. The zero-order chi connectivity index (χ0) is 8.60. The maximum Gasteiger partial charge on any atom is 0.152 e. The summed E-state index contributed by atoms with van der Waals surface area (Å²) in [6.45, 7) is 1.74. The molecular formula is C7H13NO3S. The van der Waals surface area contributed by atoms with Gasteiger partial charge in [0.25, 0.3) is 0 Å². The molecular weight excluding hydrogens is 178 g/mol. The van der Waals surface area contributed by atoms with Crippen molar-refractivity contribution in [2.24, 2.45) is 0 Å². The minimum atomic E-state index is -2.77. The van der Waals surface area contributed by atoms with Crippen LogP contribution in [0.1, 0.15) is 6.42 Å². The molecule has 2 saturated heterocycles. The van der Waals surface area contributed by atoms with Crippen LogP contribution < -0.4 is 5.32 Å². The van der Waals surface area contributed by atoms with Gasteiger partial charge in [0, 0.05) is 13.1 Å². The van der Waals surface area contributed by atoms with Crippen LogP contribution in [0.5, 0.6) is 0 Å². The molecule has 0 aromatic carbocycles. The van der Waals surface area contributed by atoms with Gasteiger partial charge in [-0.2, -0.15) is 0 Å². The molecule has 0 saturated carbocycles. The van der Waals surface area contributed by atoms with E-state index in [1.54, 1.807) is 0 Å². The van der Waals surface area contributed by atoms with Gasteiger partial charge >= 0.3 is 0 Å². The van der Waals surface area contributed by atoms with Crippen molar-refractivity contribution in [1.82, 2.24) is 5.32 Å². The predicted molar refractivity (Wildman–Crippen MR) is 44.8 cm³/mol. The van der Waals surface area contributed by atoms with Crippen molar-refractivity contribution in [3.63, 3.8) is 0 Å². The Balaban J connectivity index is 1.83. The van der Waals surface area contributed by atoms with Gasteiger partial charge in [-0.15, -0.1) is 0 Å². The highest BCUT2D eigenvalue weighted by atomic mass is 32.2. The fourth-order valence-electron chi connectivity index (χ4n) is 1.50. The van der Waals surface area contributed by atoms with Crippen LogP contribution >= 0.6 is 0 Å². The predicted octanol–water partition coefficient (Wildman–Crippen LogP) is -0.838. The third-order valence-electron chi connectivity index (χ3n) is 2.32. The van der Waals surface area contributed by atoms with Crippen molar-refractivity contribution >= 4 is 9.84 Å². The average molecular weight is 191 g/mol. The molecule has 2 heterocycles. The summed E-state index contributed by atoms with van der Waals surface area (Å²) in [4.78, 5) is 0. The van der Waals surface area contributed by atoms with Gasteiger partial charge in [0.2, 0.25) is 0 Å². The van der Waals surface area contributed by atoms with E-state index in [0.717, 1.165) is 13.1 Å². The van der Waals surface area contributed by atoms with E-state index < -0.39 is 9.84 Å². The summed E-state index contributed by atoms with van der Waals surface area (Å²) < 4.78 is 27.6. The van der Waals surface area contributed by atoms with Crippen molar-refractivity contribution in [3.8, 4) is 0 Å². The molecule has 2 fully saturated rings. The number of hydrogen-bond donors (Lipinski definition) is 1. The van der Waals surface area contributed by atoms with E-state index in [0.29, 0.717) is 12.2 Å². The van der Waals surface area contributed by atoms with Crippen LogP contribution in [0.3, 0.4) is 0 Å². The zero-order valence-corrected chi connectivity index (χ0v) is 7.64. The van der Waals surface area contributed by atoms with Crippen molar-refractivity contribution < 1.29 is 13.2 Å². The Morgan fingerprint density at radius 2 is 2.00 bits per heavy atom. The summed E-state index contributed by atoms with van der Waals surface area (Å²) in [5.74, 6) is 0.529. The standard InChI is InChI=1S/C7H13NO3S/c9-12(10)2-1-6(5-12)11-7-3-8-4-7/h6-8H,1-5H2. The molecule has 5 heteroatoms. The summed E-state index contributed by atoms with van der Waals surface area (Å²) in [6, 6.07) is 0. The van der Waals surface area contributed by atoms with Crippen molar-refractivity contribution in [2.75, 3.05) is 24.6 Å². The van der Waals surface area contributed by atoms with Gasteiger partial charge in [-0.3, -0.25) is 0 Å². The van der Waals surface area contributed by atoms with E-state index in [9.17, 15) is 8.42 Å². The van der Waals surface area contributed by atoms with Gasteiger partial charge in [-0.05, 0) is 6.42 Å². The molecule has 1 unspecified atom stereocenters. The maximum absolute atomic E-state index is 11.0. The smallest absolute Gasteiger partial charge is 0.152 e. The molecule has 0 amide bonds. The van der Waals surface area contributed by atoms with E-state index in [1.807, 2.05) is 0 Å². The minimum Gasteiger partial charge on any atom is -0.371 e. The lowest BCUT2D eigenvalue weighted by Gasteiger charge is -2.29. The summed E-state index contributed by atoms with van der Waals surface area (Å²) in [6.07, 6.45) is 0.893. The van der Waals surface area contributed by atoms with Gasteiger partial charge < -0.3 is 10.1 Å². The molecule has 0 bridgehead atoms. The third kappa shape index (κ3) is 1.78. The lowest BCUT2D eigenvalue weighted by molar-refractivity contribution is -0.0249. The molecule has 1 N–H and O–H groups in total. The van der Waals surface area contributed by atoms with E-state index in [2.05, 4.69) is 5.32 Å². The number of rotatable bonds is 2. The molecule has 0 aromatic heterocycles. The summed E-state index contributed by atoms with van der Waals surface area (Å²) in [5.41, 5.74) is 0. The van der Waals surface area contributed by atoms with Gasteiger partial charge in [0.1, 0.15) is 0 Å². The average Bonchev–Trinajstić information content (AvgIpc) is 2.21. The van der Waals surface area contributed by atoms with Crippen LogP contribution in [-0.2, 0) is 14.6 Å². The first-order valence-electron chi connectivity index (χ1n) is 4.22. The first-order chi connectivity index (χ1) is 5.66. The SMILES string of the molecule is O=S1(=O)CCC(OC2CNC2)C1. The molecule has 0 aliphatic carbocycles. The number of sulfone groups is 1. The van der Waals surface area contributed by atoms with Crippen molar-refractivity contribution in [1.29, 1.82) is 0 Å². The quantitative estimate of drug-likeness (QED) is 0.618. The summed E-state index contributed by atoms with van der Waals surface area (Å²) >= 11 is 0. The largest absolute Gasteiger partial charge is 0.371 e. The Hall–Kier alpha value is -0.130. The van der Waals surface area contributed by atoms with Crippen LogP contribution in [-0.4, -0.2) is 45.2 Å². The molecule has 2 aliphatic rings. The molecule has 0 spiro atoms. The molecule has 12 heavy (non-hydrogen) atoms. The lowest BCUT2D eigenvalue weighted by atomic mass is 10.2. The monoisotopic (exact) mass is 191 g/mol. The van der Waals surface area contributed by atoms with Crippen LogP contribution in [0.2, 0.25) is 0 Å². The second-order valence-corrected chi connectivity index (χ2v) is 5.67. The Kier molecular flexibility index (Phi) is 2.10. The molecule has 2 rings (SSSR count). The van der Waals surface area contributed by atoms with Crippen molar-refractivity contribution in [3.05, 3.63) is 0 Å². The Morgan fingerprint density at radius 1 is 1.25 bits per heavy atom. The number of nitrogens with one attached hydrogen (secondary N) is 1. The number of hydrogen-bond acceptors (Lipinski definition) is 4. The second-order valence-electron chi connectivity index (χ2n) is 3.44. The molecule has 1 atom stereocenters. The minimum absolute atomic E-state index is 0.0397. The number of ether oxygens (including phenoxy) is 1. The normalized spacial score (nSPS) is 34.8. The van der Waals surface area contributed by atoms with Crippen LogP contribution in [0, 0.1) is 0 Å². The van der Waals surface area contributed by atoms with Crippen molar-refractivity contribution in [2.45, 2.75) is 18.6 Å². The van der Waals surface area contributed by atoms with Gasteiger partial charge in [-0.1, -0.05) is 0 Å². The van der Waals surface area contributed by atoms with Gasteiger partial charge in [0.05, 0.1) is 23.7 Å². The molecule has 0 radical (unpaired) electrons. The Bertz CT molecular complexity index is 258. The van der Waals surface area contributed by atoms with Crippen LogP contribution in [0.15, 0.2) is 0 Å². The fraction of sp³-hybridized carbons (Fsp3) is 1.00. The van der Waals surface area contributed by atoms with E-state index in [1.165, 1.54) is 0 Å². The fourth-order valence-corrected chi connectivity index (χ4v) is 3.10. The first-order valence-corrected chi connectivity index (χ1v) is 6.04. The second kappa shape index (κ2) is 2.97. The topological polar surface area (TPSA) is 55.4 Å². The molecule has 0 aromatic rings. The summed E-state index contributed by atoms with van der Waals surface area (Å²) in [5, 5.41) is 3.08. The van der Waals surface area contributed by atoms with E-state index >= 15 is 0 Å². The molecule has 70 valence electrons. The molecule has 2 aliphatic heterocycles. The third-order valence-corrected chi connectivity index (χ3v) is 4.06. The van der Waals surface area contributed by atoms with E-state index in [-0.39, 0.29) is 18.0 Å². The van der Waals surface area contributed by atoms with Gasteiger partial charge in [-0.25, -0.2) is 8.42 Å². The Morgan fingerprint density at radius 3 is 2.42 bits per heavy atom. The van der Waals surface area contributed by atoms with Crippen LogP contribution in [0.4, 0.5) is 0 Å². The van der Waals surface area contributed by atoms with Gasteiger partial charge in [0.15, 0.2) is 9.84 Å². The first kappa shape index (κ1) is 8.47. The zero-order valence-electron chi connectivity index (χ0n) is 6.82. The van der Waals surface area contributed by atoms with Crippen LogP contribution in [0.25, 0.3) is 0 Å². The lowest BCUT2D eigenvalue weighted by Crippen LogP contribution is -2.50. The van der Waals surface area contributed by atoms with E-state index in [4.69, 9.17) is 4.74 Å². The Labute approximate surface area is 72.2 Å². The maximum atomic E-state index is 11.0.